The van der Waals surface area contributed by atoms with Crippen molar-refractivity contribution in [3.05, 3.63) is 0 Å². The minimum atomic E-state index is -0.477. The van der Waals surface area contributed by atoms with E-state index in [1.807, 2.05) is 13.8 Å². The van der Waals surface area contributed by atoms with E-state index in [0.717, 1.165) is 0 Å². The minimum absolute atomic E-state index is 0.0147. The number of amides is 1. The Hall–Kier alpha value is -0.570. The van der Waals surface area contributed by atoms with E-state index in [4.69, 9.17) is 0 Å². The van der Waals surface area contributed by atoms with Crippen LogP contribution in [0.25, 0.3) is 0 Å². The van der Waals surface area contributed by atoms with E-state index in [-0.39, 0.29) is 17.9 Å². The summed E-state index contributed by atoms with van der Waals surface area (Å²) in [7, 11) is 1.76. The molecule has 0 aromatic carbocycles. The number of carbonyl (C=O) groups excluding carboxylic acids is 1. The van der Waals surface area contributed by atoms with Crippen molar-refractivity contribution in [2.45, 2.75) is 53.5 Å². The Morgan fingerprint density at radius 1 is 1.25 bits per heavy atom. The van der Waals surface area contributed by atoms with E-state index >= 15 is 0 Å². The SMILES string of the molecule is CC(CC(=O)N(C)C(C)(C)CO)C(C)(C)C. The van der Waals surface area contributed by atoms with Gasteiger partial charge in [0.15, 0.2) is 0 Å². The predicted octanol–water partition coefficient (Wildman–Crippen LogP) is 2.29. The summed E-state index contributed by atoms with van der Waals surface area (Å²) in [6.07, 6.45) is 0.531. The Bertz CT molecular complexity index is 241. The molecular weight excluding hydrogens is 202 g/mol. The second-order valence-corrected chi connectivity index (χ2v) is 6.39. The molecule has 96 valence electrons. The highest BCUT2D eigenvalue weighted by Gasteiger charge is 2.30. The number of rotatable bonds is 4. The maximum absolute atomic E-state index is 12.0. The molecule has 1 N–H and O–H groups in total. The summed E-state index contributed by atoms with van der Waals surface area (Å²) < 4.78 is 0. The van der Waals surface area contributed by atoms with Crippen LogP contribution >= 0.6 is 0 Å². The largest absolute Gasteiger partial charge is 0.394 e. The highest BCUT2D eigenvalue weighted by molar-refractivity contribution is 5.77. The van der Waals surface area contributed by atoms with Crippen molar-refractivity contribution < 1.29 is 9.90 Å². The second-order valence-electron chi connectivity index (χ2n) is 6.39. The fourth-order valence-corrected chi connectivity index (χ4v) is 1.15. The Morgan fingerprint density at radius 2 is 1.69 bits per heavy atom. The molecule has 0 aliphatic carbocycles. The maximum Gasteiger partial charge on any atom is 0.223 e. The molecule has 0 aromatic heterocycles. The van der Waals surface area contributed by atoms with Crippen LogP contribution in [0.3, 0.4) is 0 Å². The van der Waals surface area contributed by atoms with E-state index in [0.29, 0.717) is 12.3 Å². The Kier molecular flexibility index (Phi) is 4.99. The van der Waals surface area contributed by atoms with E-state index in [1.54, 1.807) is 11.9 Å². The Morgan fingerprint density at radius 3 is 2.00 bits per heavy atom. The van der Waals surface area contributed by atoms with Gasteiger partial charge in [-0.1, -0.05) is 27.7 Å². The van der Waals surface area contributed by atoms with Gasteiger partial charge in [0.05, 0.1) is 12.1 Å². The van der Waals surface area contributed by atoms with E-state index in [1.165, 1.54) is 0 Å². The highest BCUT2D eigenvalue weighted by atomic mass is 16.3. The van der Waals surface area contributed by atoms with Crippen LogP contribution in [0.5, 0.6) is 0 Å². The molecule has 0 fully saturated rings. The van der Waals surface area contributed by atoms with Crippen molar-refractivity contribution >= 4 is 5.91 Å². The zero-order chi connectivity index (χ0) is 13.1. The van der Waals surface area contributed by atoms with Crippen molar-refractivity contribution in [2.24, 2.45) is 11.3 Å². The van der Waals surface area contributed by atoms with Gasteiger partial charge in [-0.2, -0.15) is 0 Å². The van der Waals surface area contributed by atoms with Gasteiger partial charge in [0.25, 0.3) is 0 Å². The van der Waals surface area contributed by atoms with Crippen LogP contribution in [0.4, 0.5) is 0 Å². The Labute approximate surface area is 99.8 Å². The molecule has 0 heterocycles. The van der Waals surface area contributed by atoms with Crippen LogP contribution in [0.2, 0.25) is 0 Å². The molecule has 16 heavy (non-hydrogen) atoms. The molecule has 0 aromatic rings. The molecule has 0 saturated heterocycles. The summed E-state index contributed by atoms with van der Waals surface area (Å²) in [5.74, 6) is 0.429. The third kappa shape index (κ3) is 4.12. The molecule has 1 atom stereocenters. The van der Waals surface area contributed by atoms with Gasteiger partial charge >= 0.3 is 0 Å². The van der Waals surface area contributed by atoms with Gasteiger partial charge in [0.2, 0.25) is 5.91 Å². The van der Waals surface area contributed by atoms with E-state index < -0.39 is 5.54 Å². The van der Waals surface area contributed by atoms with Crippen LogP contribution < -0.4 is 0 Å². The number of aliphatic hydroxyl groups is 1. The summed E-state index contributed by atoms with van der Waals surface area (Å²) in [5, 5.41) is 9.21. The standard InChI is InChI=1S/C13H27NO2/c1-10(12(2,3)4)8-11(16)14(7)13(5,6)9-15/h10,15H,8-9H2,1-7H3. The molecule has 3 heteroatoms. The summed E-state index contributed by atoms with van der Waals surface area (Å²) in [4.78, 5) is 13.7. The lowest BCUT2D eigenvalue weighted by molar-refractivity contribution is -0.137. The zero-order valence-electron chi connectivity index (χ0n) is 11.8. The first-order chi connectivity index (χ1) is 7.02. The third-order valence-corrected chi connectivity index (χ3v) is 3.63. The first kappa shape index (κ1) is 15.4. The van der Waals surface area contributed by atoms with Gasteiger partial charge < -0.3 is 10.0 Å². The van der Waals surface area contributed by atoms with Crippen LogP contribution in [-0.2, 0) is 4.79 Å². The smallest absolute Gasteiger partial charge is 0.223 e. The summed E-state index contributed by atoms with van der Waals surface area (Å²) in [6.45, 7) is 12.2. The maximum atomic E-state index is 12.0. The normalized spacial score (nSPS) is 14.8. The molecule has 0 saturated carbocycles. The first-order valence-electron chi connectivity index (χ1n) is 5.90. The average Bonchev–Trinajstić information content (AvgIpc) is 2.14. The van der Waals surface area contributed by atoms with Gasteiger partial charge in [0.1, 0.15) is 0 Å². The van der Waals surface area contributed by atoms with Crippen molar-refractivity contribution in [3.8, 4) is 0 Å². The molecule has 3 nitrogen and oxygen atoms in total. The van der Waals surface area contributed by atoms with Crippen LogP contribution in [0.1, 0.15) is 48.0 Å². The first-order valence-corrected chi connectivity index (χ1v) is 5.90. The van der Waals surface area contributed by atoms with Crippen molar-refractivity contribution in [3.63, 3.8) is 0 Å². The molecule has 1 unspecified atom stereocenters. The molecule has 0 bridgehead atoms. The molecule has 1 amide bonds. The fourth-order valence-electron chi connectivity index (χ4n) is 1.15. The van der Waals surface area contributed by atoms with Crippen LogP contribution in [-0.4, -0.2) is 35.1 Å². The molecule has 0 spiro atoms. The van der Waals surface area contributed by atoms with Gasteiger partial charge in [-0.25, -0.2) is 0 Å². The predicted molar refractivity (Wildman–Crippen MR) is 67.2 cm³/mol. The van der Waals surface area contributed by atoms with Crippen molar-refractivity contribution in [1.29, 1.82) is 0 Å². The van der Waals surface area contributed by atoms with Crippen molar-refractivity contribution in [1.82, 2.24) is 4.90 Å². The molecular formula is C13H27NO2. The lowest BCUT2D eigenvalue weighted by Gasteiger charge is -2.36. The van der Waals surface area contributed by atoms with Crippen LogP contribution in [0.15, 0.2) is 0 Å². The average molecular weight is 229 g/mol. The molecule has 0 radical (unpaired) electrons. The summed E-state index contributed by atoms with van der Waals surface area (Å²) in [5.41, 5.74) is -0.339. The molecule has 0 aliphatic heterocycles. The topological polar surface area (TPSA) is 40.5 Å². The van der Waals surface area contributed by atoms with Crippen LogP contribution in [0, 0.1) is 11.3 Å². The van der Waals surface area contributed by atoms with E-state index in [9.17, 15) is 9.90 Å². The minimum Gasteiger partial charge on any atom is -0.394 e. The monoisotopic (exact) mass is 229 g/mol. The van der Waals surface area contributed by atoms with Gasteiger partial charge in [0, 0.05) is 13.5 Å². The number of hydrogen-bond donors (Lipinski definition) is 1. The molecule has 0 rings (SSSR count). The number of aliphatic hydroxyl groups excluding tert-OH is 1. The second kappa shape index (κ2) is 5.17. The number of carbonyl (C=O) groups is 1. The third-order valence-electron chi connectivity index (χ3n) is 3.63. The quantitative estimate of drug-likeness (QED) is 0.803. The summed E-state index contributed by atoms with van der Waals surface area (Å²) >= 11 is 0. The summed E-state index contributed by atoms with van der Waals surface area (Å²) in [6, 6.07) is 0. The van der Waals surface area contributed by atoms with E-state index in [2.05, 4.69) is 27.7 Å². The van der Waals surface area contributed by atoms with Crippen molar-refractivity contribution in [2.75, 3.05) is 13.7 Å². The van der Waals surface area contributed by atoms with Gasteiger partial charge in [-0.3, -0.25) is 4.79 Å². The molecule has 0 aliphatic rings. The number of likely N-dealkylation sites (N-methyl/N-ethyl adjacent to an activating group) is 1. The highest BCUT2D eigenvalue weighted by Crippen LogP contribution is 2.29. The van der Waals surface area contributed by atoms with Gasteiger partial charge in [-0.05, 0) is 25.2 Å². The lowest BCUT2D eigenvalue weighted by atomic mass is 9.80. The number of nitrogens with zero attached hydrogens (tertiary/aromatic N) is 1. The number of hydrogen-bond acceptors (Lipinski definition) is 2. The lowest BCUT2D eigenvalue weighted by Crippen LogP contribution is -2.48. The Balaban J connectivity index is 4.49. The zero-order valence-corrected chi connectivity index (χ0v) is 11.8. The van der Waals surface area contributed by atoms with Gasteiger partial charge in [-0.15, -0.1) is 0 Å². The fraction of sp³-hybridized carbons (Fsp3) is 0.923.